The minimum absolute atomic E-state index is 0.0261. The molecule has 2 saturated heterocycles. The van der Waals surface area contributed by atoms with Crippen LogP contribution in [0, 0.1) is 5.92 Å². The van der Waals surface area contributed by atoms with Gasteiger partial charge in [-0.1, -0.05) is 43.4 Å². The summed E-state index contributed by atoms with van der Waals surface area (Å²) in [5, 5.41) is 11.3. The lowest BCUT2D eigenvalue weighted by Crippen LogP contribution is -2.41. The molecule has 1 N–H and O–H groups in total. The Morgan fingerprint density at radius 3 is 2.29 bits per heavy atom. The fourth-order valence-corrected chi connectivity index (χ4v) is 6.54. The largest absolute Gasteiger partial charge is 0.497 e. The van der Waals surface area contributed by atoms with Gasteiger partial charge < -0.3 is 47.7 Å². The van der Waals surface area contributed by atoms with Crippen LogP contribution in [0.5, 0.6) is 11.5 Å². The number of ether oxygens (including phenoxy) is 9. The molecule has 0 bridgehead atoms. The van der Waals surface area contributed by atoms with E-state index in [1.54, 1.807) is 80.7 Å². The van der Waals surface area contributed by atoms with Crippen molar-refractivity contribution >= 4 is 23.8 Å². The lowest BCUT2D eigenvalue weighted by Gasteiger charge is -2.33. The summed E-state index contributed by atoms with van der Waals surface area (Å²) >= 11 is 0. The lowest BCUT2D eigenvalue weighted by molar-refractivity contribution is -0.156. The topological polar surface area (TPSA) is 150 Å². The third kappa shape index (κ3) is 12.3. The van der Waals surface area contributed by atoms with Crippen molar-refractivity contribution in [2.75, 3.05) is 25.4 Å². The van der Waals surface area contributed by atoms with Crippen molar-refractivity contribution < 1.29 is 62.2 Å². The minimum Gasteiger partial charge on any atom is -0.497 e. The van der Waals surface area contributed by atoms with Crippen LogP contribution in [-0.4, -0.2) is 91.0 Å². The molecule has 1 unspecified atom stereocenters. The highest BCUT2D eigenvalue weighted by Crippen LogP contribution is 2.39. The van der Waals surface area contributed by atoms with Gasteiger partial charge in [0.15, 0.2) is 11.6 Å². The molecule has 0 aromatic heterocycles. The number of anilines is 1. The molecule has 0 spiro atoms. The number of carbonyl (C=O) groups excluding carboxylic acids is 2. The second-order valence-electron chi connectivity index (χ2n) is 17.2. The number of methoxy groups -OCH3 is 1. The number of rotatable bonds is 15. The highest BCUT2D eigenvalue weighted by Gasteiger charge is 2.45. The fourth-order valence-electron chi connectivity index (χ4n) is 6.54. The van der Waals surface area contributed by atoms with E-state index in [0.717, 1.165) is 16.4 Å². The van der Waals surface area contributed by atoms with Gasteiger partial charge in [0.1, 0.15) is 47.6 Å². The predicted molar refractivity (Wildman–Crippen MR) is 215 cm³/mol. The molecule has 320 valence electrons. The first kappa shape index (κ1) is 45.1. The van der Waals surface area contributed by atoms with Crippen molar-refractivity contribution in [2.24, 2.45) is 5.92 Å². The Hall–Kier alpha value is -4.02. The van der Waals surface area contributed by atoms with Crippen LogP contribution in [0.3, 0.4) is 0 Å². The van der Waals surface area contributed by atoms with Crippen LogP contribution < -0.4 is 14.5 Å². The Bertz CT molecular complexity index is 1790. The predicted octanol–water partition coefficient (Wildman–Crippen LogP) is 7.89. The molecule has 6 atom stereocenters. The first-order valence-electron chi connectivity index (χ1n) is 19.7. The molecule has 0 radical (unpaired) electrons. The van der Waals surface area contributed by atoms with Crippen LogP contribution in [0.1, 0.15) is 104 Å². The second kappa shape index (κ2) is 18.1. The van der Waals surface area contributed by atoms with Crippen molar-refractivity contribution in [1.29, 1.82) is 0 Å². The van der Waals surface area contributed by atoms with E-state index >= 15 is 0 Å². The van der Waals surface area contributed by atoms with Gasteiger partial charge >= 0.3 is 12.1 Å². The number of esters is 1. The van der Waals surface area contributed by atoms with Gasteiger partial charge in [0.2, 0.25) is 5.79 Å². The SMILES string of the molecule is COc1ccc(COC(/C=C\[C@@H](C)[C@H](C)O)[C@H]2OC(C)(C)O[C@H]2C/C=C/c2cc(N(OC[C@H]3COC(C)(C)O3)C(=O)OC(C)(C)C)cc3c2C(=O)OC(C)(C)O3)cc1. The van der Waals surface area contributed by atoms with Gasteiger partial charge in [-0.25, -0.2) is 9.59 Å². The number of carbonyl (C=O) groups is 2. The molecular formula is C44H61NO13. The molecule has 58 heavy (non-hydrogen) atoms. The van der Waals surface area contributed by atoms with Crippen LogP contribution in [0.25, 0.3) is 6.08 Å². The number of nitrogens with zero attached hydrogens (tertiary/aromatic N) is 1. The van der Waals surface area contributed by atoms with Gasteiger partial charge in [-0.3, -0.25) is 4.84 Å². The van der Waals surface area contributed by atoms with Gasteiger partial charge in [-0.2, -0.15) is 5.06 Å². The maximum atomic E-state index is 13.7. The van der Waals surface area contributed by atoms with E-state index in [0.29, 0.717) is 12.0 Å². The van der Waals surface area contributed by atoms with E-state index < -0.39 is 65.5 Å². The molecular weight excluding hydrogens is 750 g/mol. The molecule has 2 aromatic rings. The van der Waals surface area contributed by atoms with Crippen LogP contribution in [0.4, 0.5) is 10.5 Å². The van der Waals surface area contributed by atoms with E-state index in [4.69, 9.17) is 47.5 Å². The molecule has 3 aliphatic rings. The Kier molecular flexibility index (Phi) is 14.0. The highest BCUT2D eigenvalue weighted by atomic mass is 16.8. The first-order chi connectivity index (χ1) is 27.0. The zero-order valence-corrected chi connectivity index (χ0v) is 35.9. The summed E-state index contributed by atoms with van der Waals surface area (Å²) in [5.74, 6) is -2.82. The third-order valence-electron chi connectivity index (χ3n) is 9.44. The fraction of sp³-hybridized carbons (Fsp3) is 0.591. The number of hydrogen-bond acceptors (Lipinski definition) is 13. The summed E-state index contributed by atoms with van der Waals surface area (Å²) in [4.78, 5) is 33.3. The van der Waals surface area contributed by atoms with Gasteiger partial charge in [-0.05, 0) is 97.1 Å². The third-order valence-corrected chi connectivity index (χ3v) is 9.44. The lowest BCUT2D eigenvalue weighted by atomic mass is 9.99. The Balaban J connectivity index is 1.46. The number of hydrogen-bond donors (Lipinski definition) is 1. The zero-order chi connectivity index (χ0) is 42.6. The quantitative estimate of drug-likeness (QED) is 0.106. The summed E-state index contributed by atoms with van der Waals surface area (Å²) in [6.07, 6.45) is 4.40. The molecule has 14 heteroatoms. The van der Waals surface area contributed by atoms with Crippen LogP contribution in [0.2, 0.25) is 0 Å². The van der Waals surface area contributed by atoms with Gasteiger partial charge in [0, 0.05) is 19.9 Å². The maximum Gasteiger partial charge on any atom is 0.439 e. The summed E-state index contributed by atoms with van der Waals surface area (Å²) in [7, 11) is 1.62. The smallest absolute Gasteiger partial charge is 0.439 e. The number of cyclic esters (lactones) is 1. The van der Waals surface area contributed by atoms with E-state index in [1.165, 1.54) is 0 Å². The monoisotopic (exact) mass is 811 g/mol. The first-order valence-corrected chi connectivity index (χ1v) is 19.7. The number of benzene rings is 2. The van der Waals surface area contributed by atoms with Crippen molar-refractivity contribution in [3.05, 3.63) is 71.3 Å². The summed E-state index contributed by atoms with van der Waals surface area (Å²) < 4.78 is 53.8. The Morgan fingerprint density at radius 2 is 1.67 bits per heavy atom. The normalized spacial score (nSPS) is 23.9. The molecule has 3 heterocycles. The average Bonchev–Trinajstić information content (AvgIpc) is 3.62. The molecule has 0 saturated carbocycles. The van der Waals surface area contributed by atoms with Crippen LogP contribution in [-0.2, 0) is 44.6 Å². The maximum absolute atomic E-state index is 13.7. The number of fused-ring (bicyclic) bond motifs is 1. The van der Waals surface area contributed by atoms with E-state index in [-0.39, 0.29) is 42.7 Å². The molecule has 0 aliphatic carbocycles. The Morgan fingerprint density at radius 1 is 0.966 bits per heavy atom. The zero-order valence-electron chi connectivity index (χ0n) is 35.9. The van der Waals surface area contributed by atoms with Gasteiger partial charge in [0.25, 0.3) is 0 Å². The van der Waals surface area contributed by atoms with Crippen molar-refractivity contribution in [1.82, 2.24) is 0 Å². The Labute approximate surface area is 342 Å². The number of amides is 1. The van der Waals surface area contributed by atoms with Gasteiger partial charge in [0.05, 0.1) is 38.2 Å². The number of aliphatic hydroxyl groups excluding tert-OH is 1. The molecule has 2 aromatic carbocycles. The molecule has 1 amide bonds. The average molecular weight is 812 g/mol. The number of hydroxylamine groups is 1. The van der Waals surface area contributed by atoms with Crippen molar-refractivity contribution in [3.63, 3.8) is 0 Å². The van der Waals surface area contributed by atoms with E-state index in [1.807, 2.05) is 63.3 Å². The van der Waals surface area contributed by atoms with Crippen LogP contribution in [0.15, 0.2) is 54.6 Å². The minimum atomic E-state index is -1.28. The summed E-state index contributed by atoms with van der Waals surface area (Å²) in [6, 6.07) is 10.8. The summed E-state index contributed by atoms with van der Waals surface area (Å²) in [5.41, 5.74) is 0.922. The van der Waals surface area contributed by atoms with E-state index in [2.05, 4.69) is 0 Å². The molecule has 5 rings (SSSR count). The van der Waals surface area contributed by atoms with Crippen molar-refractivity contribution in [2.45, 2.75) is 143 Å². The van der Waals surface area contributed by atoms with Crippen molar-refractivity contribution in [3.8, 4) is 11.5 Å². The summed E-state index contributed by atoms with van der Waals surface area (Å²) in [6.45, 7) is 20.0. The van der Waals surface area contributed by atoms with Gasteiger partial charge in [-0.15, -0.1) is 0 Å². The standard InChI is InChI=1S/C44H61NO13/c1-27(28(2)46)16-21-34(50-24-29-17-19-32(49-12)20-18-29)38-35(54-43(8,9)56-38)15-13-14-30-22-31(23-36-37(30)39(47)57-44(10,11)55-36)45(40(48)58-41(3,4)5)52-26-33-25-51-42(6,7)53-33/h13-14,16-23,27-28,33-35,38,46H,15,24-26H2,1-12H3/b14-13+,21-16-/t27-,28+,33-,34?,35+,38-/m1/s1. The highest BCUT2D eigenvalue weighted by molar-refractivity contribution is 5.99. The molecule has 2 fully saturated rings. The van der Waals surface area contributed by atoms with E-state index in [9.17, 15) is 14.7 Å². The second-order valence-corrected chi connectivity index (χ2v) is 17.2. The molecule has 14 nitrogen and oxygen atoms in total. The van der Waals surface area contributed by atoms with Crippen LogP contribution >= 0.6 is 0 Å². The molecule has 3 aliphatic heterocycles. The number of aliphatic hydroxyl groups is 1.